The number of likely N-dealkylation sites (N-methyl/N-ethyl adjacent to an activating group) is 1. The Hall–Kier alpha value is -2.89. The van der Waals surface area contributed by atoms with Crippen molar-refractivity contribution in [3.8, 4) is 0 Å². The molecule has 1 aliphatic heterocycles. The van der Waals surface area contributed by atoms with E-state index in [-0.39, 0.29) is 5.91 Å². The van der Waals surface area contributed by atoms with Crippen LogP contribution in [-0.2, 0) is 4.79 Å². The van der Waals surface area contributed by atoms with Crippen LogP contribution in [0.1, 0.15) is 22.0 Å². The van der Waals surface area contributed by atoms with Crippen LogP contribution in [0, 0.1) is 0 Å². The molecule has 21 heavy (non-hydrogen) atoms. The van der Waals surface area contributed by atoms with Crippen LogP contribution in [0.5, 0.6) is 0 Å². The van der Waals surface area contributed by atoms with Gasteiger partial charge < -0.3 is 4.90 Å². The Morgan fingerprint density at radius 2 is 2.05 bits per heavy atom. The number of hydrogen-bond acceptors (Lipinski definition) is 4. The van der Waals surface area contributed by atoms with Gasteiger partial charge in [-0.05, 0) is 18.2 Å². The number of amides is 2. The fraction of sp³-hybridized carbons (Fsp3) is 0.133. The molecule has 0 saturated heterocycles. The maximum atomic E-state index is 12.2. The normalized spacial score (nSPS) is 17.3. The molecule has 0 saturated carbocycles. The Morgan fingerprint density at radius 3 is 2.81 bits per heavy atom. The highest BCUT2D eigenvalue weighted by Gasteiger charge is 2.35. The van der Waals surface area contributed by atoms with E-state index in [0.29, 0.717) is 5.56 Å². The molecule has 3 rings (SSSR count). The lowest BCUT2D eigenvalue weighted by molar-refractivity contribution is -0.118. The van der Waals surface area contributed by atoms with Gasteiger partial charge in [0, 0.05) is 30.7 Å². The number of para-hydroxylation sites is 1. The SMILES string of the molecule is CN1C(=O)C(N=NC(=O)c2cccnc2)c2ccccc21. The molecule has 0 bridgehead atoms. The lowest BCUT2D eigenvalue weighted by atomic mass is 10.1. The van der Waals surface area contributed by atoms with Crippen LogP contribution >= 0.6 is 0 Å². The minimum absolute atomic E-state index is 0.195. The van der Waals surface area contributed by atoms with Crippen LogP contribution in [0.25, 0.3) is 0 Å². The summed E-state index contributed by atoms with van der Waals surface area (Å²) in [6.07, 6.45) is 2.98. The van der Waals surface area contributed by atoms with Crippen molar-refractivity contribution < 1.29 is 9.59 Å². The summed E-state index contributed by atoms with van der Waals surface area (Å²) in [5.41, 5.74) is 1.89. The van der Waals surface area contributed by atoms with E-state index in [1.54, 1.807) is 25.4 Å². The summed E-state index contributed by atoms with van der Waals surface area (Å²) >= 11 is 0. The Labute approximate surface area is 121 Å². The third kappa shape index (κ3) is 2.31. The smallest absolute Gasteiger partial charge is 0.296 e. The van der Waals surface area contributed by atoms with E-state index in [2.05, 4.69) is 15.2 Å². The van der Waals surface area contributed by atoms with Gasteiger partial charge in [-0.1, -0.05) is 18.2 Å². The predicted octanol–water partition coefficient (Wildman–Crippen LogP) is 2.39. The molecule has 0 spiro atoms. The molecule has 1 aromatic heterocycles. The molecule has 0 radical (unpaired) electrons. The van der Waals surface area contributed by atoms with Crippen molar-refractivity contribution in [2.75, 3.05) is 11.9 Å². The Morgan fingerprint density at radius 1 is 1.24 bits per heavy atom. The monoisotopic (exact) mass is 280 g/mol. The van der Waals surface area contributed by atoms with Gasteiger partial charge in [0.2, 0.25) is 0 Å². The van der Waals surface area contributed by atoms with E-state index in [9.17, 15) is 9.59 Å². The number of carbonyl (C=O) groups excluding carboxylic acids is 2. The highest BCUT2D eigenvalue weighted by Crippen LogP contribution is 2.36. The van der Waals surface area contributed by atoms with Crippen molar-refractivity contribution in [3.05, 3.63) is 59.9 Å². The van der Waals surface area contributed by atoms with Gasteiger partial charge in [-0.15, -0.1) is 5.11 Å². The second-order valence-corrected chi connectivity index (χ2v) is 4.62. The minimum Gasteiger partial charge on any atom is -0.313 e. The molecule has 6 nitrogen and oxygen atoms in total. The lowest BCUT2D eigenvalue weighted by Crippen LogP contribution is -2.23. The molecule has 104 valence electrons. The van der Waals surface area contributed by atoms with Crippen molar-refractivity contribution in [2.24, 2.45) is 10.2 Å². The predicted molar refractivity (Wildman–Crippen MR) is 76.0 cm³/mol. The van der Waals surface area contributed by atoms with Gasteiger partial charge in [-0.3, -0.25) is 14.6 Å². The first-order chi connectivity index (χ1) is 10.2. The maximum Gasteiger partial charge on any atom is 0.296 e. The molecule has 1 aliphatic rings. The topological polar surface area (TPSA) is 75.0 Å². The molecule has 1 unspecified atom stereocenters. The summed E-state index contributed by atoms with van der Waals surface area (Å²) in [4.78, 5) is 29.4. The van der Waals surface area contributed by atoms with Crippen molar-refractivity contribution in [1.82, 2.24) is 4.98 Å². The second-order valence-electron chi connectivity index (χ2n) is 4.62. The number of aromatic nitrogens is 1. The average molecular weight is 280 g/mol. The van der Waals surface area contributed by atoms with Crippen LogP contribution < -0.4 is 4.90 Å². The van der Waals surface area contributed by atoms with E-state index in [4.69, 9.17) is 0 Å². The highest BCUT2D eigenvalue weighted by atomic mass is 16.2. The quantitative estimate of drug-likeness (QED) is 0.793. The molecule has 2 aromatic rings. The summed E-state index contributed by atoms with van der Waals surface area (Å²) < 4.78 is 0. The van der Waals surface area contributed by atoms with E-state index in [1.807, 2.05) is 24.3 Å². The van der Waals surface area contributed by atoms with Gasteiger partial charge >= 0.3 is 0 Å². The Balaban J connectivity index is 1.87. The van der Waals surface area contributed by atoms with E-state index >= 15 is 0 Å². The molecular weight excluding hydrogens is 268 g/mol. The number of nitrogens with zero attached hydrogens (tertiary/aromatic N) is 4. The number of carbonyl (C=O) groups is 2. The zero-order valence-corrected chi connectivity index (χ0v) is 11.3. The minimum atomic E-state index is -0.758. The molecular formula is C15H12N4O2. The zero-order valence-electron chi connectivity index (χ0n) is 11.3. The van der Waals surface area contributed by atoms with Crippen molar-refractivity contribution in [3.63, 3.8) is 0 Å². The lowest BCUT2D eigenvalue weighted by Gasteiger charge is -2.08. The van der Waals surface area contributed by atoms with E-state index in [0.717, 1.165) is 11.3 Å². The van der Waals surface area contributed by atoms with Crippen LogP contribution in [0.15, 0.2) is 59.0 Å². The number of fused-ring (bicyclic) bond motifs is 1. The van der Waals surface area contributed by atoms with Gasteiger partial charge in [-0.25, -0.2) is 0 Å². The first kappa shape index (κ1) is 13.1. The number of anilines is 1. The number of hydrogen-bond donors (Lipinski definition) is 0. The number of pyridine rings is 1. The number of rotatable bonds is 2. The fourth-order valence-electron chi connectivity index (χ4n) is 2.23. The van der Waals surface area contributed by atoms with Gasteiger partial charge in [0.1, 0.15) is 0 Å². The second kappa shape index (κ2) is 5.24. The van der Waals surface area contributed by atoms with Crippen LogP contribution in [0.3, 0.4) is 0 Å². The molecule has 0 aliphatic carbocycles. The van der Waals surface area contributed by atoms with Gasteiger partial charge in [-0.2, -0.15) is 5.11 Å². The van der Waals surface area contributed by atoms with Crippen LogP contribution in [-0.4, -0.2) is 23.8 Å². The number of azo groups is 1. The van der Waals surface area contributed by atoms with E-state index < -0.39 is 11.9 Å². The summed E-state index contributed by atoms with van der Waals surface area (Å²) in [7, 11) is 1.68. The van der Waals surface area contributed by atoms with Crippen molar-refractivity contribution in [1.29, 1.82) is 0 Å². The largest absolute Gasteiger partial charge is 0.313 e. The first-order valence-corrected chi connectivity index (χ1v) is 6.40. The first-order valence-electron chi connectivity index (χ1n) is 6.40. The summed E-state index contributed by atoms with van der Waals surface area (Å²) in [6, 6.07) is 9.82. The average Bonchev–Trinajstić information content (AvgIpc) is 2.78. The molecule has 1 aromatic carbocycles. The zero-order chi connectivity index (χ0) is 14.8. The molecule has 0 fully saturated rings. The fourth-order valence-corrected chi connectivity index (χ4v) is 2.23. The molecule has 1 atom stereocenters. The summed E-state index contributed by atoms with van der Waals surface area (Å²) in [6.45, 7) is 0. The molecule has 6 heteroatoms. The molecule has 2 amide bonds. The highest BCUT2D eigenvalue weighted by molar-refractivity contribution is 6.04. The van der Waals surface area contributed by atoms with Crippen molar-refractivity contribution >= 4 is 17.5 Å². The third-order valence-corrected chi connectivity index (χ3v) is 3.33. The Bertz CT molecular complexity index is 727. The van der Waals surface area contributed by atoms with Crippen molar-refractivity contribution in [2.45, 2.75) is 6.04 Å². The summed E-state index contributed by atoms with van der Waals surface area (Å²) in [5, 5.41) is 7.59. The summed E-state index contributed by atoms with van der Waals surface area (Å²) in [5.74, 6) is -0.707. The van der Waals surface area contributed by atoms with Crippen LogP contribution in [0.4, 0.5) is 5.69 Å². The Kier molecular flexibility index (Phi) is 3.27. The van der Waals surface area contributed by atoms with Crippen LogP contribution in [0.2, 0.25) is 0 Å². The standard InChI is InChI=1S/C15H12N4O2/c1-19-12-7-3-2-6-11(12)13(15(19)21)17-18-14(20)10-5-4-8-16-9-10/h2-9,13H,1H3. The third-order valence-electron chi connectivity index (χ3n) is 3.33. The van der Waals surface area contributed by atoms with Gasteiger partial charge in [0.05, 0.1) is 5.56 Å². The molecule has 2 heterocycles. The maximum absolute atomic E-state index is 12.2. The number of benzene rings is 1. The van der Waals surface area contributed by atoms with E-state index in [1.165, 1.54) is 11.1 Å². The molecule has 0 N–H and O–H groups in total. The van der Waals surface area contributed by atoms with Gasteiger partial charge in [0.25, 0.3) is 11.8 Å². The van der Waals surface area contributed by atoms with Gasteiger partial charge in [0.15, 0.2) is 6.04 Å².